The molecular weight excluding hydrogens is 473 g/mol. The maximum atomic E-state index is 13.2. The van der Waals surface area contributed by atoms with Gasteiger partial charge in [-0.3, -0.25) is 9.59 Å². The number of hydrogen-bond donors (Lipinski definition) is 1. The first kappa shape index (κ1) is 26.1. The number of amides is 2. The zero-order valence-electron chi connectivity index (χ0n) is 18.2. The van der Waals surface area contributed by atoms with Crippen molar-refractivity contribution >= 4 is 45.0 Å². The number of benzene rings is 2. The number of halogens is 2. The monoisotopic (exact) mass is 499 g/mol. The zero-order valence-corrected chi connectivity index (χ0v) is 20.5. The van der Waals surface area contributed by atoms with E-state index in [4.69, 9.17) is 23.2 Å². The Balaban J connectivity index is 2.24. The second kappa shape index (κ2) is 11.7. The fourth-order valence-electron chi connectivity index (χ4n) is 2.92. The molecule has 2 rings (SSSR count). The van der Waals surface area contributed by atoms with Crippen LogP contribution in [0.5, 0.6) is 0 Å². The molecular formula is C22H27Cl2N3O4S. The van der Waals surface area contributed by atoms with Crippen LogP contribution in [0.25, 0.3) is 0 Å². The van der Waals surface area contributed by atoms with Crippen molar-refractivity contribution in [1.82, 2.24) is 14.5 Å². The van der Waals surface area contributed by atoms with Crippen molar-refractivity contribution in [3.05, 3.63) is 64.1 Å². The van der Waals surface area contributed by atoms with Crippen LogP contribution in [0.2, 0.25) is 10.0 Å². The van der Waals surface area contributed by atoms with Crippen LogP contribution < -0.4 is 5.32 Å². The highest BCUT2D eigenvalue weighted by atomic mass is 35.5. The van der Waals surface area contributed by atoms with E-state index >= 15 is 0 Å². The summed E-state index contributed by atoms with van der Waals surface area (Å²) < 4.78 is 26.7. The average molecular weight is 500 g/mol. The van der Waals surface area contributed by atoms with Crippen molar-refractivity contribution in [2.45, 2.75) is 37.8 Å². The number of hydrogen-bond acceptors (Lipinski definition) is 4. The number of sulfonamides is 1. The molecule has 1 atom stereocenters. The van der Waals surface area contributed by atoms with Gasteiger partial charge in [0.1, 0.15) is 6.04 Å². The van der Waals surface area contributed by atoms with Gasteiger partial charge in [0, 0.05) is 30.2 Å². The van der Waals surface area contributed by atoms with E-state index < -0.39 is 28.5 Å². The normalized spacial score (nSPS) is 12.4. The minimum atomic E-state index is -3.91. The summed E-state index contributed by atoms with van der Waals surface area (Å²) in [5.74, 6) is -0.809. The predicted molar refractivity (Wildman–Crippen MR) is 126 cm³/mol. The van der Waals surface area contributed by atoms with Crippen LogP contribution in [0.1, 0.15) is 25.8 Å². The molecule has 10 heteroatoms. The van der Waals surface area contributed by atoms with Crippen LogP contribution in [0.15, 0.2) is 53.4 Å². The van der Waals surface area contributed by atoms with E-state index in [9.17, 15) is 18.0 Å². The van der Waals surface area contributed by atoms with E-state index in [0.717, 1.165) is 16.3 Å². The van der Waals surface area contributed by atoms with Gasteiger partial charge in [-0.1, -0.05) is 42.3 Å². The molecule has 0 spiro atoms. The summed E-state index contributed by atoms with van der Waals surface area (Å²) in [6, 6.07) is 11.8. The number of carbonyl (C=O) groups excluding carboxylic acids is 2. The minimum absolute atomic E-state index is 0.0233. The standard InChI is InChI=1S/C22H27Cl2N3O4S/c1-4-13-25-22(29)16(2)27(14-17-5-7-18(23)8-6-17)21(28)15-26(3)32(30,31)20-11-9-19(24)10-12-20/h5-12,16H,4,13-15H2,1-3H3,(H,25,29)/t16-/m0/s1. The van der Waals surface area contributed by atoms with Gasteiger partial charge in [0.25, 0.3) is 0 Å². The molecule has 0 aromatic heterocycles. The Kier molecular flexibility index (Phi) is 9.51. The first-order valence-corrected chi connectivity index (χ1v) is 12.3. The van der Waals surface area contributed by atoms with Gasteiger partial charge in [0.2, 0.25) is 21.8 Å². The highest BCUT2D eigenvalue weighted by Crippen LogP contribution is 2.19. The summed E-state index contributed by atoms with van der Waals surface area (Å²) in [5.41, 5.74) is 0.765. The SMILES string of the molecule is CCCNC(=O)[C@H](C)N(Cc1ccc(Cl)cc1)C(=O)CN(C)S(=O)(=O)c1ccc(Cl)cc1. The number of likely N-dealkylation sites (N-methyl/N-ethyl adjacent to an activating group) is 1. The Hall–Kier alpha value is -2.13. The number of carbonyl (C=O) groups is 2. The van der Waals surface area contributed by atoms with Gasteiger partial charge >= 0.3 is 0 Å². The van der Waals surface area contributed by atoms with Crippen molar-refractivity contribution < 1.29 is 18.0 Å². The average Bonchev–Trinajstić information content (AvgIpc) is 2.76. The molecule has 0 saturated carbocycles. The molecule has 0 aliphatic carbocycles. The van der Waals surface area contributed by atoms with E-state index in [0.29, 0.717) is 16.6 Å². The number of rotatable bonds is 10. The zero-order chi connectivity index (χ0) is 23.9. The molecule has 0 unspecified atom stereocenters. The van der Waals surface area contributed by atoms with Gasteiger partial charge in [0.05, 0.1) is 11.4 Å². The molecule has 0 bridgehead atoms. The van der Waals surface area contributed by atoms with Crippen molar-refractivity contribution in [2.75, 3.05) is 20.1 Å². The maximum absolute atomic E-state index is 13.2. The van der Waals surface area contributed by atoms with Crippen LogP contribution in [-0.4, -0.2) is 55.6 Å². The Morgan fingerprint density at radius 3 is 2.06 bits per heavy atom. The highest BCUT2D eigenvalue weighted by Gasteiger charge is 2.30. The maximum Gasteiger partial charge on any atom is 0.243 e. The van der Waals surface area contributed by atoms with Gasteiger partial charge in [0.15, 0.2) is 0 Å². The molecule has 0 aliphatic rings. The lowest BCUT2D eigenvalue weighted by Gasteiger charge is -2.30. The molecule has 0 aliphatic heterocycles. The van der Waals surface area contributed by atoms with E-state index in [1.807, 2.05) is 6.92 Å². The molecule has 0 saturated heterocycles. The summed E-state index contributed by atoms with van der Waals surface area (Å²) >= 11 is 11.8. The molecule has 1 N–H and O–H groups in total. The van der Waals surface area contributed by atoms with E-state index in [2.05, 4.69) is 5.32 Å². The predicted octanol–water partition coefficient (Wildman–Crippen LogP) is 3.56. The number of nitrogens with one attached hydrogen (secondary N) is 1. The summed E-state index contributed by atoms with van der Waals surface area (Å²) in [7, 11) is -2.59. The van der Waals surface area contributed by atoms with E-state index in [-0.39, 0.29) is 17.3 Å². The third kappa shape index (κ3) is 6.93. The van der Waals surface area contributed by atoms with Crippen LogP contribution in [0.3, 0.4) is 0 Å². The molecule has 32 heavy (non-hydrogen) atoms. The molecule has 2 aromatic carbocycles. The van der Waals surface area contributed by atoms with Gasteiger partial charge < -0.3 is 10.2 Å². The topological polar surface area (TPSA) is 86.8 Å². The fourth-order valence-corrected chi connectivity index (χ4v) is 4.29. The fraction of sp³-hybridized carbons (Fsp3) is 0.364. The summed E-state index contributed by atoms with van der Waals surface area (Å²) in [4.78, 5) is 27.1. The second-order valence-electron chi connectivity index (χ2n) is 7.33. The third-order valence-corrected chi connectivity index (χ3v) is 7.18. The van der Waals surface area contributed by atoms with E-state index in [1.54, 1.807) is 31.2 Å². The quantitative estimate of drug-likeness (QED) is 0.541. The Labute approximate surface area is 199 Å². The van der Waals surface area contributed by atoms with Gasteiger partial charge in [-0.2, -0.15) is 4.31 Å². The molecule has 0 radical (unpaired) electrons. The van der Waals surface area contributed by atoms with Crippen LogP contribution in [-0.2, 0) is 26.2 Å². The molecule has 2 amide bonds. The smallest absolute Gasteiger partial charge is 0.243 e. The Morgan fingerprint density at radius 2 is 1.53 bits per heavy atom. The lowest BCUT2D eigenvalue weighted by atomic mass is 10.1. The summed E-state index contributed by atoms with van der Waals surface area (Å²) in [5, 5.41) is 3.74. The first-order valence-electron chi connectivity index (χ1n) is 10.1. The molecule has 2 aromatic rings. The summed E-state index contributed by atoms with van der Waals surface area (Å²) in [6.45, 7) is 3.73. The minimum Gasteiger partial charge on any atom is -0.354 e. The summed E-state index contributed by atoms with van der Waals surface area (Å²) in [6.07, 6.45) is 0.756. The lowest BCUT2D eigenvalue weighted by molar-refractivity contribution is -0.140. The van der Waals surface area contributed by atoms with Gasteiger partial charge in [-0.05, 0) is 55.3 Å². The highest BCUT2D eigenvalue weighted by molar-refractivity contribution is 7.89. The van der Waals surface area contributed by atoms with Gasteiger partial charge in [-0.15, -0.1) is 0 Å². The van der Waals surface area contributed by atoms with Crippen LogP contribution in [0.4, 0.5) is 0 Å². The lowest BCUT2D eigenvalue weighted by Crippen LogP contribution is -2.50. The molecule has 0 fully saturated rings. The molecule has 7 nitrogen and oxygen atoms in total. The Morgan fingerprint density at radius 1 is 1.00 bits per heavy atom. The third-order valence-electron chi connectivity index (χ3n) is 4.86. The first-order chi connectivity index (χ1) is 15.1. The van der Waals surface area contributed by atoms with Crippen LogP contribution in [0, 0.1) is 0 Å². The van der Waals surface area contributed by atoms with Crippen LogP contribution >= 0.6 is 23.2 Å². The van der Waals surface area contributed by atoms with E-state index in [1.165, 1.54) is 36.2 Å². The Bertz CT molecular complexity index is 1030. The molecule has 0 heterocycles. The second-order valence-corrected chi connectivity index (χ2v) is 10.2. The van der Waals surface area contributed by atoms with Crippen molar-refractivity contribution in [1.29, 1.82) is 0 Å². The van der Waals surface area contributed by atoms with Crippen molar-refractivity contribution in [3.63, 3.8) is 0 Å². The van der Waals surface area contributed by atoms with Crippen molar-refractivity contribution in [3.8, 4) is 0 Å². The largest absolute Gasteiger partial charge is 0.354 e. The van der Waals surface area contributed by atoms with Crippen molar-refractivity contribution in [2.24, 2.45) is 0 Å². The van der Waals surface area contributed by atoms with Gasteiger partial charge in [-0.25, -0.2) is 8.42 Å². The number of nitrogens with zero attached hydrogens (tertiary/aromatic N) is 2. The molecule has 174 valence electrons.